The Kier molecular flexibility index (Phi) is 7.94. The molecule has 3 aromatic carbocycles. The highest BCUT2D eigenvalue weighted by molar-refractivity contribution is 6.46. The molecule has 1 aliphatic heterocycles. The van der Waals surface area contributed by atoms with Crippen LogP contribution < -0.4 is 4.74 Å². The first-order valence-corrected chi connectivity index (χ1v) is 12.2. The summed E-state index contributed by atoms with van der Waals surface area (Å²) in [6.45, 7) is 6.41. The van der Waals surface area contributed by atoms with Crippen LogP contribution in [0.2, 0.25) is 0 Å². The number of aliphatic hydroxyl groups excluding tert-OH is 1. The van der Waals surface area contributed by atoms with Gasteiger partial charge in [-0.25, -0.2) is 0 Å². The van der Waals surface area contributed by atoms with Crippen LogP contribution in [0.25, 0.3) is 5.76 Å². The number of ketones is 1. The van der Waals surface area contributed by atoms with E-state index in [4.69, 9.17) is 9.47 Å². The van der Waals surface area contributed by atoms with Crippen molar-refractivity contribution < 1.29 is 29.3 Å². The monoisotopic (exact) mass is 501 g/mol. The van der Waals surface area contributed by atoms with Crippen molar-refractivity contribution in [1.29, 1.82) is 0 Å². The van der Waals surface area contributed by atoms with E-state index in [-0.39, 0.29) is 36.3 Å². The van der Waals surface area contributed by atoms with Gasteiger partial charge >= 0.3 is 0 Å². The van der Waals surface area contributed by atoms with Crippen molar-refractivity contribution in [2.24, 2.45) is 0 Å². The van der Waals surface area contributed by atoms with Crippen molar-refractivity contribution in [2.45, 2.75) is 39.5 Å². The van der Waals surface area contributed by atoms with E-state index in [1.54, 1.807) is 30.3 Å². The van der Waals surface area contributed by atoms with E-state index in [0.717, 1.165) is 11.1 Å². The van der Waals surface area contributed by atoms with Gasteiger partial charge in [0, 0.05) is 12.1 Å². The minimum atomic E-state index is -0.864. The van der Waals surface area contributed by atoms with Gasteiger partial charge in [-0.3, -0.25) is 9.59 Å². The van der Waals surface area contributed by atoms with E-state index >= 15 is 0 Å². The molecule has 7 nitrogen and oxygen atoms in total. The van der Waals surface area contributed by atoms with E-state index in [1.807, 2.05) is 51.1 Å². The van der Waals surface area contributed by atoms with Gasteiger partial charge < -0.3 is 24.6 Å². The Morgan fingerprint density at radius 2 is 1.76 bits per heavy atom. The zero-order valence-corrected chi connectivity index (χ0v) is 21.2. The molecule has 2 N–H and O–H groups in total. The first-order valence-electron chi connectivity index (χ1n) is 12.2. The summed E-state index contributed by atoms with van der Waals surface area (Å²) >= 11 is 0. The fourth-order valence-corrected chi connectivity index (χ4v) is 4.39. The molecule has 37 heavy (non-hydrogen) atoms. The lowest BCUT2D eigenvalue weighted by atomic mass is 9.94. The van der Waals surface area contributed by atoms with Gasteiger partial charge in [0.05, 0.1) is 24.3 Å². The van der Waals surface area contributed by atoms with Crippen molar-refractivity contribution in [3.05, 3.63) is 101 Å². The van der Waals surface area contributed by atoms with Crippen LogP contribution >= 0.6 is 0 Å². The molecule has 0 spiro atoms. The summed E-state index contributed by atoms with van der Waals surface area (Å²) < 4.78 is 11.5. The quantitative estimate of drug-likeness (QED) is 0.240. The third-order valence-electron chi connectivity index (χ3n) is 6.19. The van der Waals surface area contributed by atoms with Crippen molar-refractivity contribution in [3.63, 3.8) is 0 Å². The largest absolute Gasteiger partial charge is 0.508 e. The number of nitrogens with zero attached hydrogens (tertiary/aromatic N) is 1. The SMILES string of the molecule is Cc1cc(/C(O)=C2/C(=O)C(=O)N(CCOC(C)C)C2c2cccc(O)c2)ccc1OCc1ccccc1. The van der Waals surface area contributed by atoms with Crippen molar-refractivity contribution >= 4 is 17.4 Å². The lowest BCUT2D eigenvalue weighted by molar-refractivity contribution is -0.140. The van der Waals surface area contributed by atoms with Crippen LogP contribution in [-0.4, -0.2) is 46.1 Å². The second-order valence-electron chi connectivity index (χ2n) is 9.26. The maximum atomic E-state index is 13.2. The molecule has 192 valence electrons. The van der Waals surface area contributed by atoms with Gasteiger partial charge in [-0.05, 0) is 67.8 Å². The summed E-state index contributed by atoms with van der Waals surface area (Å²) in [5.74, 6) is -1.13. The van der Waals surface area contributed by atoms with Gasteiger partial charge in [-0.15, -0.1) is 0 Å². The number of carbonyl (C=O) groups is 2. The average molecular weight is 502 g/mol. The molecule has 0 bridgehead atoms. The summed E-state index contributed by atoms with van der Waals surface area (Å²) in [6.07, 6.45) is -0.0401. The fourth-order valence-electron chi connectivity index (χ4n) is 4.39. The number of aromatic hydroxyl groups is 1. The first-order chi connectivity index (χ1) is 17.8. The molecule has 4 rings (SSSR count). The van der Waals surface area contributed by atoms with Gasteiger partial charge in [0.25, 0.3) is 11.7 Å². The van der Waals surface area contributed by atoms with Gasteiger partial charge in [0.15, 0.2) is 0 Å². The topological polar surface area (TPSA) is 96.3 Å². The minimum Gasteiger partial charge on any atom is -0.508 e. The fraction of sp³-hybridized carbons (Fsp3) is 0.267. The molecule has 1 saturated heterocycles. The third kappa shape index (κ3) is 5.84. The van der Waals surface area contributed by atoms with E-state index < -0.39 is 17.7 Å². The second-order valence-corrected chi connectivity index (χ2v) is 9.26. The van der Waals surface area contributed by atoms with Crippen LogP contribution in [-0.2, 0) is 20.9 Å². The predicted molar refractivity (Wildman–Crippen MR) is 140 cm³/mol. The smallest absolute Gasteiger partial charge is 0.295 e. The molecule has 0 radical (unpaired) electrons. The molecule has 1 atom stereocenters. The number of hydrogen-bond acceptors (Lipinski definition) is 6. The molecule has 1 aliphatic rings. The molecule has 1 unspecified atom stereocenters. The number of amides is 1. The molecule has 1 heterocycles. The number of Topliss-reactive ketones (excluding diaryl/α,β-unsaturated/α-hetero) is 1. The number of benzene rings is 3. The molecule has 0 saturated carbocycles. The number of hydrogen-bond donors (Lipinski definition) is 2. The van der Waals surface area contributed by atoms with E-state index in [0.29, 0.717) is 23.5 Å². The number of carbonyl (C=O) groups excluding carboxylic acids is 2. The highest BCUT2D eigenvalue weighted by Gasteiger charge is 2.46. The van der Waals surface area contributed by atoms with Gasteiger partial charge in [0.1, 0.15) is 23.9 Å². The summed E-state index contributed by atoms with van der Waals surface area (Å²) in [6, 6.07) is 20.4. The van der Waals surface area contributed by atoms with Crippen LogP contribution in [0.15, 0.2) is 78.4 Å². The standard InChI is InChI=1S/C30H31NO6/c1-19(2)36-15-14-31-27(22-10-7-11-24(32)17-22)26(29(34)30(31)35)28(33)23-12-13-25(20(3)16-23)37-18-21-8-5-4-6-9-21/h4-13,16-17,19,27,32-33H,14-15,18H2,1-3H3/b28-26-. The van der Waals surface area contributed by atoms with E-state index in [9.17, 15) is 19.8 Å². The molecule has 3 aromatic rings. The normalized spacial score (nSPS) is 17.0. The summed E-state index contributed by atoms with van der Waals surface area (Å²) in [5.41, 5.74) is 2.68. The van der Waals surface area contributed by atoms with Crippen LogP contribution in [0.5, 0.6) is 11.5 Å². The average Bonchev–Trinajstić information content (AvgIpc) is 3.13. The minimum absolute atomic E-state index is 0.00252. The Bertz CT molecular complexity index is 1310. The molecular weight excluding hydrogens is 470 g/mol. The number of phenols is 1. The molecule has 0 aromatic heterocycles. The number of rotatable bonds is 9. The van der Waals surface area contributed by atoms with Gasteiger partial charge in [-0.2, -0.15) is 0 Å². The Labute approximate surface area is 216 Å². The summed E-state index contributed by atoms with van der Waals surface area (Å²) in [4.78, 5) is 27.6. The zero-order chi connectivity index (χ0) is 26.5. The third-order valence-corrected chi connectivity index (χ3v) is 6.19. The zero-order valence-electron chi connectivity index (χ0n) is 21.2. The molecule has 1 fully saturated rings. The number of aryl methyl sites for hydroxylation is 1. The van der Waals surface area contributed by atoms with Gasteiger partial charge in [-0.1, -0.05) is 42.5 Å². The summed E-state index contributed by atoms with van der Waals surface area (Å²) in [7, 11) is 0. The van der Waals surface area contributed by atoms with E-state index in [1.165, 1.54) is 17.0 Å². The first kappa shape index (κ1) is 26.0. The molecular formula is C30H31NO6. The number of likely N-dealkylation sites (tertiary alicyclic amines) is 1. The Balaban J connectivity index is 1.68. The van der Waals surface area contributed by atoms with E-state index in [2.05, 4.69) is 0 Å². The van der Waals surface area contributed by atoms with Crippen LogP contribution in [0.4, 0.5) is 0 Å². The van der Waals surface area contributed by atoms with Crippen molar-refractivity contribution in [2.75, 3.05) is 13.2 Å². The van der Waals surface area contributed by atoms with Crippen molar-refractivity contribution in [3.8, 4) is 11.5 Å². The van der Waals surface area contributed by atoms with Crippen molar-refractivity contribution in [1.82, 2.24) is 4.90 Å². The second kappa shape index (κ2) is 11.3. The Hall–Kier alpha value is -4.10. The number of ether oxygens (including phenoxy) is 2. The van der Waals surface area contributed by atoms with Crippen LogP contribution in [0.1, 0.15) is 42.1 Å². The number of aliphatic hydroxyl groups is 1. The summed E-state index contributed by atoms with van der Waals surface area (Å²) in [5, 5.41) is 21.4. The lowest BCUT2D eigenvalue weighted by Gasteiger charge is -2.25. The predicted octanol–water partition coefficient (Wildman–Crippen LogP) is 5.13. The highest BCUT2D eigenvalue weighted by Crippen LogP contribution is 2.40. The molecule has 1 amide bonds. The van der Waals surface area contributed by atoms with Crippen LogP contribution in [0, 0.1) is 6.92 Å². The maximum absolute atomic E-state index is 13.2. The lowest BCUT2D eigenvalue weighted by Crippen LogP contribution is -2.33. The molecule has 0 aliphatic carbocycles. The van der Waals surface area contributed by atoms with Gasteiger partial charge in [0.2, 0.25) is 0 Å². The molecule has 7 heteroatoms. The Morgan fingerprint density at radius 1 is 1.00 bits per heavy atom. The van der Waals surface area contributed by atoms with Crippen LogP contribution in [0.3, 0.4) is 0 Å². The maximum Gasteiger partial charge on any atom is 0.295 e. The highest BCUT2D eigenvalue weighted by atomic mass is 16.5. The Morgan fingerprint density at radius 3 is 2.43 bits per heavy atom. The number of phenolic OH excluding ortho intramolecular Hbond substituents is 1.